The predicted octanol–water partition coefficient (Wildman–Crippen LogP) is 3.31. The highest BCUT2D eigenvalue weighted by Crippen LogP contribution is 2.23. The number of nitrogens with zero attached hydrogens (tertiary/aromatic N) is 1. The second-order valence-corrected chi connectivity index (χ2v) is 13.3. The van der Waals surface area contributed by atoms with E-state index < -0.39 is 30.1 Å². The zero-order valence-electron chi connectivity index (χ0n) is 24.1. The van der Waals surface area contributed by atoms with Crippen LogP contribution in [0.3, 0.4) is 0 Å². The van der Waals surface area contributed by atoms with Gasteiger partial charge >= 0.3 is 0 Å². The van der Waals surface area contributed by atoms with Crippen molar-refractivity contribution in [3.05, 3.63) is 29.8 Å². The Bertz CT molecular complexity index is 1010. The van der Waals surface area contributed by atoms with Gasteiger partial charge in [0.2, 0.25) is 23.6 Å². The fraction of sp³-hybridized carbons (Fsp3) is 0.655. The summed E-state index contributed by atoms with van der Waals surface area (Å²) < 4.78 is 5.25. The van der Waals surface area contributed by atoms with Gasteiger partial charge in [0.1, 0.15) is 29.9 Å². The van der Waals surface area contributed by atoms with Gasteiger partial charge in [0, 0.05) is 18.7 Å². The molecule has 0 aliphatic carbocycles. The third-order valence-electron chi connectivity index (χ3n) is 7.82. The summed E-state index contributed by atoms with van der Waals surface area (Å²) in [5.74, 6) is 0.264. The number of ether oxygens (including phenoxy) is 1. The normalized spacial score (nSPS) is 24.8. The molecule has 0 radical (unpaired) electrons. The van der Waals surface area contributed by atoms with Crippen LogP contribution in [0.4, 0.5) is 0 Å². The number of hydrogen-bond acceptors (Lipinski definition) is 7. The van der Waals surface area contributed by atoms with Crippen molar-refractivity contribution < 1.29 is 23.9 Å². The van der Waals surface area contributed by atoms with Crippen molar-refractivity contribution in [3.63, 3.8) is 0 Å². The lowest BCUT2D eigenvalue weighted by Gasteiger charge is -2.34. The Balaban J connectivity index is 1.88. The minimum atomic E-state index is -0.911. The zero-order chi connectivity index (χ0) is 29.1. The maximum atomic E-state index is 13.7. The van der Waals surface area contributed by atoms with Crippen molar-refractivity contribution in [2.75, 3.05) is 25.7 Å². The molecule has 3 rings (SSSR count). The van der Waals surface area contributed by atoms with Crippen LogP contribution in [0.2, 0.25) is 0 Å². The molecule has 0 saturated carbocycles. The maximum Gasteiger partial charge on any atom is 0.246 e. The maximum absolute atomic E-state index is 13.7. The van der Waals surface area contributed by atoms with Crippen LogP contribution < -0.4 is 20.7 Å². The molecule has 2 aliphatic heterocycles. The fourth-order valence-corrected chi connectivity index (χ4v) is 6.55. The SMILES string of the molecule is CCC(C)[C@@H]1NC(=O)[C@@H](Cc2ccc(OC)cc2)NC(=O)[C@H](CCCCCSSC)NC(=O)[C@H]2CCCN2C1=O. The molecule has 4 amide bonds. The number of benzene rings is 1. The summed E-state index contributed by atoms with van der Waals surface area (Å²) in [6.07, 6.45) is 7.41. The highest BCUT2D eigenvalue weighted by atomic mass is 33.1. The molecular weight excluding hydrogens is 548 g/mol. The Morgan fingerprint density at radius 1 is 0.975 bits per heavy atom. The molecule has 2 aliphatic rings. The molecule has 0 spiro atoms. The molecule has 1 unspecified atom stereocenters. The second kappa shape index (κ2) is 16.1. The van der Waals surface area contributed by atoms with E-state index in [0.29, 0.717) is 38.0 Å². The number of carbonyl (C=O) groups excluding carboxylic acids is 4. The summed E-state index contributed by atoms with van der Waals surface area (Å²) in [4.78, 5) is 56.1. The summed E-state index contributed by atoms with van der Waals surface area (Å²) in [5.41, 5.74) is 0.839. The Kier molecular flexibility index (Phi) is 13.0. The summed E-state index contributed by atoms with van der Waals surface area (Å²) in [5, 5.41) is 8.82. The largest absolute Gasteiger partial charge is 0.497 e. The van der Waals surface area contributed by atoms with Crippen LogP contribution in [0.25, 0.3) is 0 Å². The van der Waals surface area contributed by atoms with Gasteiger partial charge in [-0.1, -0.05) is 66.8 Å². The van der Waals surface area contributed by atoms with Crippen molar-refractivity contribution in [1.29, 1.82) is 0 Å². The van der Waals surface area contributed by atoms with Gasteiger partial charge in [-0.25, -0.2) is 0 Å². The molecule has 2 saturated heterocycles. The standard InChI is InChI=1S/C29H44N4O5S2/c1-5-19(2)25-29(37)33-16-9-11-24(33)28(36)30-22(10-7-6-8-17-40-39-4)26(34)31-23(27(35)32-25)18-20-12-14-21(38-3)15-13-20/h12-15,19,22-25H,5-11,16-18H2,1-4H3,(H,30,36)(H,31,34)(H,32,35)/t19?,22-,23+,24+,25-/m0/s1. The quantitative estimate of drug-likeness (QED) is 0.252. The fourth-order valence-electron chi connectivity index (χ4n) is 5.20. The number of rotatable bonds is 12. The number of amides is 4. The van der Waals surface area contributed by atoms with Crippen LogP contribution in [0.15, 0.2) is 24.3 Å². The average Bonchev–Trinajstić information content (AvgIpc) is 3.46. The number of carbonyl (C=O) groups is 4. The number of fused-ring (bicyclic) bond motifs is 1. The molecule has 2 heterocycles. The van der Waals surface area contributed by atoms with Gasteiger partial charge in [-0.05, 0) is 55.6 Å². The molecule has 9 nitrogen and oxygen atoms in total. The van der Waals surface area contributed by atoms with E-state index in [1.807, 2.05) is 38.1 Å². The Morgan fingerprint density at radius 3 is 2.35 bits per heavy atom. The van der Waals surface area contributed by atoms with Crippen molar-refractivity contribution in [2.24, 2.45) is 5.92 Å². The van der Waals surface area contributed by atoms with Crippen molar-refractivity contribution in [2.45, 2.75) is 89.4 Å². The molecule has 0 aromatic heterocycles. The van der Waals surface area contributed by atoms with Gasteiger partial charge in [0.15, 0.2) is 0 Å². The summed E-state index contributed by atoms with van der Waals surface area (Å²) in [6, 6.07) is 4.21. The number of unbranched alkanes of at least 4 members (excludes halogenated alkanes) is 2. The van der Waals surface area contributed by atoms with Gasteiger partial charge in [-0.2, -0.15) is 0 Å². The predicted molar refractivity (Wildman–Crippen MR) is 161 cm³/mol. The van der Waals surface area contributed by atoms with E-state index in [1.165, 1.54) is 0 Å². The highest BCUT2D eigenvalue weighted by Gasteiger charge is 2.41. The number of methoxy groups -OCH3 is 1. The molecule has 40 heavy (non-hydrogen) atoms. The van der Waals surface area contributed by atoms with E-state index >= 15 is 0 Å². The third kappa shape index (κ3) is 8.80. The Morgan fingerprint density at radius 2 is 1.68 bits per heavy atom. The minimum absolute atomic E-state index is 0.141. The van der Waals surface area contributed by atoms with Crippen LogP contribution >= 0.6 is 21.6 Å². The van der Waals surface area contributed by atoms with E-state index in [-0.39, 0.29) is 30.1 Å². The van der Waals surface area contributed by atoms with Gasteiger partial charge in [-0.15, -0.1) is 0 Å². The molecule has 3 N–H and O–H groups in total. The lowest BCUT2D eigenvalue weighted by Crippen LogP contribution is -2.62. The molecule has 11 heteroatoms. The molecule has 1 aromatic rings. The van der Waals surface area contributed by atoms with Gasteiger partial charge in [0.05, 0.1) is 7.11 Å². The lowest BCUT2D eigenvalue weighted by molar-refractivity contribution is -0.144. The summed E-state index contributed by atoms with van der Waals surface area (Å²) in [6.45, 7) is 4.35. The van der Waals surface area contributed by atoms with E-state index in [2.05, 4.69) is 22.2 Å². The highest BCUT2D eigenvalue weighted by molar-refractivity contribution is 8.76. The molecular formula is C29H44N4O5S2. The monoisotopic (exact) mass is 592 g/mol. The first-order chi connectivity index (χ1) is 19.3. The topological polar surface area (TPSA) is 117 Å². The third-order valence-corrected chi connectivity index (χ3v) is 9.72. The average molecular weight is 593 g/mol. The van der Waals surface area contributed by atoms with Crippen LogP contribution in [0.1, 0.15) is 64.4 Å². The van der Waals surface area contributed by atoms with E-state index in [9.17, 15) is 19.2 Å². The molecule has 2 fully saturated rings. The van der Waals surface area contributed by atoms with E-state index in [0.717, 1.165) is 30.6 Å². The first-order valence-corrected chi connectivity index (χ1v) is 17.0. The first-order valence-electron chi connectivity index (χ1n) is 14.3. The molecule has 0 bridgehead atoms. The van der Waals surface area contributed by atoms with Crippen molar-refractivity contribution in [3.8, 4) is 5.75 Å². The molecule has 1 aromatic carbocycles. The first kappa shape index (κ1) is 32.1. The van der Waals surface area contributed by atoms with Crippen LogP contribution in [0.5, 0.6) is 5.75 Å². The Hall–Kier alpha value is -2.40. The number of hydrogen-bond donors (Lipinski definition) is 3. The van der Waals surface area contributed by atoms with Crippen LogP contribution in [-0.4, -0.2) is 78.4 Å². The lowest BCUT2D eigenvalue weighted by atomic mass is 9.95. The molecule has 5 atom stereocenters. The zero-order valence-corrected chi connectivity index (χ0v) is 25.7. The summed E-state index contributed by atoms with van der Waals surface area (Å²) >= 11 is 0. The smallest absolute Gasteiger partial charge is 0.246 e. The second-order valence-electron chi connectivity index (χ2n) is 10.6. The van der Waals surface area contributed by atoms with Crippen LogP contribution in [0, 0.1) is 5.92 Å². The minimum Gasteiger partial charge on any atom is -0.497 e. The summed E-state index contributed by atoms with van der Waals surface area (Å²) in [7, 11) is 5.13. The van der Waals surface area contributed by atoms with E-state index in [4.69, 9.17) is 4.74 Å². The van der Waals surface area contributed by atoms with Gasteiger partial charge < -0.3 is 25.6 Å². The van der Waals surface area contributed by atoms with E-state index in [1.54, 1.807) is 33.6 Å². The van der Waals surface area contributed by atoms with Crippen molar-refractivity contribution in [1.82, 2.24) is 20.9 Å². The van der Waals surface area contributed by atoms with Gasteiger partial charge in [-0.3, -0.25) is 19.2 Å². The van der Waals surface area contributed by atoms with Crippen LogP contribution in [-0.2, 0) is 25.6 Å². The van der Waals surface area contributed by atoms with Gasteiger partial charge in [0.25, 0.3) is 0 Å². The molecule has 222 valence electrons. The van der Waals surface area contributed by atoms with Crippen molar-refractivity contribution >= 4 is 45.2 Å². The number of nitrogens with one attached hydrogen (secondary N) is 3. The Labute approximate surface area is 246 Å².